The van der Waals surface area contributed by atoms with Crippen molar-refractivity contribution in [3.8, 4) is 0 Å². The van der Waals surface area contributed by atoms with E-state index in [2.05, 4.69) is 44.4 Å². The molecule has 118 valence electrons. The van der Waals surface area contributed by atoms with Gasteiger partial charge in [0.1, 0.15) is 0 Å². The third-order valence-corrected chi connectivity index (χ3v) is 6.31. The molecule has 0 aliphatic rings. The molecule has 7 heteroatoms. The Bertz CT molecular complexity index is 644. The Morgan fingerprint density at radius 1 is 0.696 bits per heavy atom. The van der Waals surface area contributed by atoms with Crippen LogP contribution < -0.4 is 0 Å². The largest absolute Gasteiger partial charge is 0.265 e. The van der Waals surface area contributed by atoms with Crippen molar-refractivity contribution in [1.82, 2.24) is 20.2 Å². The van der Waals surface area contributed by atoms with E-state index in [1.165, 1.54) is 11.1 Å². The van der Waals surface area contributed by atoms with E-state index in [4.69, 9.17) is 0 Å². The van der Waals surface area contributed by atoms with E-state index in [0.29, 0.717) is 0 Å². The van der Waals surface area contributed by atoms with Crippen molar-refractivity contribution in [2.75, 3.05) is 11.5 Å². The number of aryl methyl sites for hydroxylation is 2. The molecule has 4 nitrogen and oxygen atoms in total. The average molecular weight is 361 g/mol. The normalized spacial score (nSPS) is 10.8. The number of thioether (sulfide) groups is 2. The van der Waals surface area contributed by atoms with Crippen molar-refractivity contribution in [2.24, 2.45) is 0 Å². The number of rotatable bonds is 8. The first kappa shape index (κ1) is 16.4. The first-order valence-electron chi connectivity index (χ1n) is 7.27. The quantitative estimate of drug-likeness (QED) is 0.566. The SMILES string of the molecule is c1cc(CCSc2nnc(SCCc3ccncc3)s2)ccn1. The highest BCUT2D eigenvalue weighted by Crippen LogP contribution is 2.29. The Hall–Kier alpha value is -1.44. The predicted octanol–water partition coefficient (Wildman–Crippen LogP) is 4.00. The first-order chi connectivity index (χ1) is 11.4. The molecule has 0 aliphatic carbocycles. The molecule has 0 N–H and O–H groups in total. The Labute approximate surface area is 148 Å². The van der Waals surface area contributed by atoms with Crippen LogP contribution in [0, 0.1) is 0 Å². The van der Waals surface area contributed by atoms with Gasteiger partial charge in [0.25, 0.3) is 0 Å². The molecule has 0 fully saturated rings. The van der Waals surface area contributed by atoms with Crippen LogP contribution in [0.4, 0.5) is 0 Å². The molecule has 0 saturated heterocycles. The standard InChI is InChI=1S/C16H16N4S3/c1-7-17-8-2-13(1)5-11-21-15-19-20-16(23-15)22-12-6-14-3-9-18-10-4-14/h1-4,7-10H,5-6,11-12H2. The number of pyridine rings is 2. The minimum atomic E-state index is 1.01. The second-order valence-electron chi connectivity index (χ2n) is 4.74. The molecule has 0 atom stereocenters. The van der Waals surface area contributed by atoms with Gasteiger partial charge in [-0.3, -0.25) is 9.97 Å². The van der Waals surface area contributed by atoms with Gasteiger partial charge in [-0.05, 0) is 48.2 Å². The smallest absolute Gasteiger partial charge is 0.175 e. The summed E-state index contributed by atoms with van der Waals surface area (Å²) in [6.45, 7) is 0. The Morgan fingerprint density at radius 3 is 1.57 bits per heavy atom. The van der Waals surface area contributed by atoms with Crippen LogP contribution >= 0.6 is 34.9 Å². The third-order valence-electron chi connectivity index (χ3n) is 3.12. The summed E-state index contributed by atoms with van der Waals surface area (Å²) in [6, 6.07) is 8.23. The molecular weight excluding hydrogens is 344 g/mol. The van der Waals surface area contributed by atoms with Gasteiger partial charge in [-0.2, -0.15) is 0 Å². The van der Waals surface area contributed by atoms with Crippen LogP contribution in [0.5, 0.6) is 0 Å². The fourth-order valence-corrected chi connectivity index (χ4v) is 5.06. The van der Waals surface area contributed by atoms with E-state index in [1.54, 1.807) is 34.9 Å². The van der Waals surface area contributed by atoms with Crippen molar-refractivity contribution >= 4 is 34.9 Å². The lowest BCUT2D eigenvalue weighted by atomic mass is 10.2. The van der Waals surface area contributed by atoms with Crippen LogP contribution in [0.25, 0.3) is 0 Å². The summed E-state index contributed by atoms with van der Waals surface area (Å²) in [7, 11) is 0. The topological polar surface area (TPSA) is 51.6 Å². The van der Waals surface area contributed by atoms with Crippen LogP contribution in [0.15, 0.2) is 57.7 Å². The zero-order chi connectivity index (χ0) is 15.7. The lowest BCUT2D eigenvalue weighted by Crippen LogP contribution is -1.88. The second-order valence-corrected chi connectivity index (χ2v) is 8.40. The maximum Gasteiger partial charge on any atom is 0.175 e. The average Bonchev–Trinajstić information content (AvgIpc) is 3.05. The summed E-state index contributed by atoms with van der Waals surface area (Å²) in [4.78, 5) is 8.06. The summed E-state index contributed by atoms with van der Waals surface area (Å²) in [6.07, 6.45) is 9.39. The van der Waals surface area contributed by atoms with Gasteiger partial charge in [0.2, 0.25) is 0 Å². The molecular formula is C16H16N4S3. The molecule has 0 aliphatic heterocycles. The van der Waals surface area contributed by atoms with E-state index < -0.39 is 0 Å². The number of nitrogens with zero attached hydrogens (tertiary/aromatic N) is 4. The molecule has 0 unspecified atom stereocenters. The van der Waals surface area contributed by atoms with Gasteiger partial charge >= 0.3 is 0 Å². The van der Waals surface area contributed by atoms with Crippen molar-refractivity contribution < 1.29 is 0 Å². The summed E-state index contributed by atoms with van der Waals surface area (Å²) in [5.41, 5.74) is 2.62. The van der Waals surface area contributed by atoms with Gasteiger partial charge in [0.15, 0.2) is 8.68 Å². The molecule has 23 heavy (non-hydrogen) atoms. The van der Waals surface area contributed by atoms with E-state index in [1.807, 2.05) is 24.8 Å². The zero-order valence-corrected chi connectivity index (χ0v) is 14.9. The molecule has 0 spiro atoms. The Kier molecular flexibility index (Phi) is 6.43. The van der Waals surface area contributed by atoms with Gasteiger partial charge in [-0.15, -0.1) is 10.2 Å². The molecule has 0 bridgehead atoms. The minimum absolute atomic E-state index is 1.01. The summed E-state index contributed by atoms with van der Waals surface area (Å²) in [5, 5.41) is 8.52. The maximum atomic E-state index is 4.26. The molecule has 3 aromatic rings. The van der Waals surface area contributed by atoms with Crippen LogP contribution in [-0.4, -0.2) is 31.7 Å². The third kappa shape index (κ3) is 5.60. The highest BCUT2D eigenvalue weighted by molar-refractivity contribution is 8.03. The second kappa shape index (κ2) is 9.00. The van der Waals surface area contributed by atoms with Crippen LogP contribution in [-0.2, 0) is 12.8 Å². The summed E-state index contributed by atoms with van der Waals surface area (Å²) >= 11 is 5.22. The number of hydrogen-bond donors (Lipinski definition) is 0. The van der Waals surface area contributed by atoms with E-state index >= 15 is 0 Å². The van der Waals surface area contributed by atoms with Gasteiger partial charge in [0, 0.05) is 36.3 Å². The fraction of sp³-hybridized carbons (Fsp3) is 0.250. The van der Waals surface area contributed by atoms with Gasteiger partial charge in [-0.1, -0.05) is 34.9 Å². The molecule has 0 radical (unpaired) electrons. The van der Waals surface area contributed by atoms with Crippen molar-refractivity contribution in [3.05, 3.63) is 60.2 Å². The molecule has 0 amide bonds. The van der Waals surface area contributed by atoms with Crippen LogP contribution in [0.3, 0.4) is 0 Å². The molecule has 3 aromatic heterocycles. The van der Waals surface area contributed by atoms with E-state index in [-0.39, 0.29) is 0 Å². The summed E-state index contributed by atoms with van der Waals surface area (Å²) in [5.74, 6) is 2.03. The van der Waals surface area contributed by atoms with Crippen LogP contribution in [0.2, 0.25) is 0 Å². The highest BCUT2D eigenvalue weighted by Gasteiger charge is 2.06. The molecule has 3 heterocycles. The minimum Gasteiger partial charge on any atom is -0.265 e. The number of hydrogen-bond acceptors (Lipinski definition) is 7. The zero-order valence-electron chi connectivity index (χ0n) is 12.5. The maximum absolute atomic E-state index is 4.26. The fourth-order valence-electron chi connectivity index (χ4n) is 1.93. The van der Waals surface area contributed by atoms with Crippen molar-refractivity contribution in [2.45, 2.75) is 21.5 Å². The molecule has 0 aromatic carbocycles. The van der Waals surface area contributed by atoms with Crippen molar-refractivity contribution in [3.63, 3.8) is 0 Å². The lowest BCUT2D eigenvalue weighted by Gasteiger charge is -1.98. The van der Waals surface area contributed by atoms with Crippen molar-refractivity contribution in [1.29, 1.82) is 0 Å². The van der Waals surface area contributed by atoms with Gasteiger partial charge in [0.05, 0.1) is 0 Å². The first-order valence-corrected chi connectivity index (χ1v) is 10.1. The number of aromatic nitrogens is 4. The van der Waals surface area contributed by atoms with E-state index in [0.717, 1.165) is 33.0 Å². The summed E-state index contributed by atoms with van der Waals surface area (Å²) < 4.78 is 2.09. The monoisotopic (exact) mass is 360 g/mol. The van der Waals surface area contributed by atoms with Crippen LogP contribution in [0.1, 0.15) is 11.1 Å². The Balaban J connectivity index is 1.39. The lowest BCUT2D eigenvalue weighted by molar-refractivity contribution is 0.952. The highest BCUT2D eigenvalue weighted by atomic mass is 32.2. The molecule has 3 rings (SSSR count). The van der Waals surface area contributed by atoms with Gasteiger partial charge < -0.3 is 0 Å². The van der Waals surface area contributed by atoms with E-state index in [9.17, 15) is 0 Å². The predicted molar refractivity (Wildman–Crippen MR) is 97.2 cm³/mol. The Morgan fingerprint density at radius 2 is 1.13 bits per heavy atom. The molecule has 0 saturated carbocycles. The van der Waals surface area contributed by atoms with Gasteiger partial charge in [-0.25, -0.2) is 0 Å².